The second kappa shape index (κ2) is 10.6. The van der Waals surface area contributed by atoms with Crippen LogP contribution in [-0.4, -0.2) is 77.6 Å². The van der Waals surface area contributed by atoms with E-state index in [9.17, 15) is 19.2 Å². The van der Waals surface area contributed by atoms with E-state index >= 15 is 0 Å². The van der Waals surface area contributed by atoms with Crippen molar-refractivity contribution < 1.29 is 29.0 Å². The number of nitrogens with one attached hydrogen (secondary N) is 1. The number of carboxylic acid groups (broad SMARTS) is 1. The molecule has 0 spiro atoms. The number of carboxylic acids is 1. The summed E-state index contributed by atoms with van der Waals surface area (Å²) in [6.07, 6.45) is 0.0414. The average Bonchev–Trinajstić information content (AvgIpc) is 3.18. The van der Waals surface area contributed by atoms with Crippen molar-refractivity contribution in [1.29, 1.82) is 0 Å². The standard InChI is InChI=1S/C26H29N3O6/c1-17(25(32)33)29-14-13-28(15-24(29)31)23(30)11-6-12-27-26(34)35-16-22-20-9-4-2-7-18(20)19-8-3-5-10-21(19)22/h2-5,7-10,17,22H,6,11-16H2,1H3,(H,27,34)(H,32,33). The molecule has 2 aliphatic rings. The number of benzene rings is 2. The van der Waals surface area contributed by atoms with Crippen LogP contribution >= 0.6 is 0 Å². The molecule has 1 saturated heterocycles. The number of hydrogen-bond acceptors (Lipinski definition) is 5. The topological polar surface area (TPSA) is 116 Å². The van der Waals surface area contributed by atoms with E-state index in [0.29, 0.717) is 13.0 Å². The van der Waals surface area contributed by atoms with Crippen molar-refractivity contribution in [2.45, 2.75) is 31.7 Å². The normalized spacial score (nSPS) is 15.9. The van der Waals surface area contributed by atoms with Gasteiger partial charge in [-0.3, -0.25) is 9.59 Å². The lowest BCUT2D eigenvalue weighted by atomic mass is 9.98. The fraction of sp³-hybridized carbons (Fsp3) is 0.385. The van der Waals surface area contributed by atoms with E-state index in [1.807, 2.05) is 24.3 Å². The first-order valence-electron chi connectivity index (χ1n) is 11.8. The van der Waals surface area contributed by atoms with Gasteiger partial charge >= 0.3 is 12.1 Å². The molecule has 184 valence electrons. The number of alkyl carbamates (subject to hydrolysis) is 1. The van der Waals surface area contributed by atoms with E-state index in [0.717, 1.165) is 22.3 Å². The Balaban J connectivity index is 1.19. The average molecular weight is 480 g/mol. The van der Waals surface area contributed by atoms with Crippen molar-refractivity contribution in [3.05, 3.63) is 59.7 Å². The molecule has 0 bridgehead atoms. The van der Waals surface area contributed by atoms with Crippen LogP contribution in [0, 0.1) is 0 Å². The van der Waals surface area contributed by atoms with Gasteiger partial charge in [-0.25, -0.2) is 9.59 Å². The molecule has 0 radical (unpaired) electrons. The summed E-state index contributed by atoms with van der Waals surface area (Å²) >= 11 is 0. The highest BCUT2D eigenvalue weighted by Gasteiger charge is 2.32. The lowest BCUT2D eigenvalue weighted by Crippen LogP contribution is -2.56. The maximum Gasteiger partial charge on any atom is 0.407 e. The Morgan fingerprint density at radius 3 is 2.29 bits per heavy atom. The van der Waals surface area contributed by atoms with Crippen molar-refractivity contribution in [2.24, 2.45) is 0 Å². The van der Waals surface area contributed by atoms with Crippen LogP contribution in [0.2, 0.25) is 0 Å². The first-order valence-corrected chi connectivity index (χ1v) is 11.8. The molecule has 1 unspecified atom stereocenters. The van der Waals surface area contributed by atoms with Gasteiger partial charge in [-0.2, -0.15) is 0 Å². The summed E-state index contributed by atoms with van der Waals surface area (Å²) in [5.74, 6) is -1.67. The summed E-state index contributed by atoms with van der Waals surface area (Å²) in [7, 11) is 0. The number of hydrogen-bond donors (Lipinski definition) is 2. The third-order valence-electron chi connectivity index (χ3n) is 6.62. The Morgan fingerprint density at radius 2 is 1.69 bits per heavy atom. The van der Waals surface area contributed by atoms with Gasteiger partial charge in [0.2, 0.25) is 11.8 Å². The summed E-state index contributed by atoms with van der Waals surface area (Å²) in [6, 6.07) is 15.3. The zero-order valence-electron chi connectivity index (χ0n) is 19.6. The number of carbonyl (C=O) groups excluding carboxylic acids is 3. The van der Waals surface area contributed by atoms with Crippen LogP contribution in [0.4, 0.5) is 4.79 Å². The SMILES string of the molecule is CC(C(=O)O)N1CCN(C(=O)CCCNC(=O)OCC2c3ccccc3-c3ccccc32)CC1=O. The van der Waals surface area contributed by atoms with Crippen molar-refractivity contribution in [2.75, 3.05) is 32.8 Å². The zero-order valence-corrected chi connectivity index (χ0v) is 19.6. The lowest BCUT2D eigenvalue weighted by molar-refractivity contribution is -0.154. The number of fused-ring (bicyclic) bond motifs is 3. The molecule has 1 fully saturated rings. The van der Waals surface area contributed by atoms with E-state index < -0.39 is 18.1 Å². The number of nitrogens with zero attached hydrogens (tertiary/aromatic N) is 2. The number of ether oxygens (including phenoxy) is 1. The van der Waals surface area contributed by atoms with Gasteiger partial charge in [-0.05, 0) is 35.6 Å². The number of aliphatic carboxylic acids is 1. The zero-order chi connectivity index (χ0) is 24.9. The van der Waals surface area contributed by atoms with Crippen molar-refractivity contribution in [3.63, 3.8) is 0 Å². The van der Waals surface area contributed by atoms with Gasteiger partial charge in [0.25, 0.3) is 0 Å². The molecule has 1 aliphatic carbocycles. The fourth-order valence-electron chi connectivity index (χ4n) is 4.68. The van der Waals surface area contributed by atoms with E-state index in [2.05, 4.69) is 29.6 Å². The van der Waals surface area contributed by atoms with Crippen LogP contribution < -0.4 is 5.32 Å². The van der Waals surface area contributed by atoms with E-state index in [1.54, 1.807) is 0 Å². The highest BCUT2D eigenvalue weighted by Crippen LogP contribution is 2.44. The smallest absolute Gasteiger partial charge is 0.407 e. The Bertz CT molecular complexity index is 1090. The summed E-state index contributed by atoms with van der Waals surface area (Å²) in [4.78, 5) is 50.7. The second-order valence-electron chi connectivity index (χ2n) is 8.77. The quantitative estimate of drug-likeness (QED) is 0.562. The van der Waals surface area contributed by atoms with Gasteiger partial charge in [-0.1, -0.05) is 48.5 Å². The first-order chi connectivity index (χ1) is 16.9. The number of rotatable bonds is 8. The Hall–Kier alpha value is -3.88. The van der Waals surface area contributed by atoms with Crippen LogP contribution in [-0.2, 0) is 19.1 Å². The number of amides is 3. The Labute approximate surface area is 203 Å². The molecule has 0 aromatic heterocycles. The Kier molecular flexibility index (Phi) is 7.33. The molecular weight excluding hydrogens is 450 g/mol. The summed E-state index contributed by atoms with van der Waals surface area (Å²) in [6.45, 7) is 2.30. The van der Waals surface area contributed by atoms with Gasteiger partial charge in [0, 0.05) is 32.0 Å². The minimum atomic E-state index is -1.07. The minimum Gasteiger partial charge on any atom is -0.480 e. The highest BCUT2D eigenvalue weighted by atomic mass is 16.5. The third-order valence-corrected chi connectivity index (χ3v) is 6.62. The van der Waals surface area contributed by atoms with Crippen molar-refractivity contribution in [3.8, 4) is 11.1 Å². The molecule has 2 aromatic rings. The van der Waals surface area contributed by atoms with Gasteiger partial charge in [-0.15, -0.1) is 0 Å². The molecule has 9 heteroatoms. The van der Waals surface area contributed by atoms with Crippen LogP contribution in [0.5, 0.6) is 0 Å². The molecule has 1 heterocycles. The minimum absolute atomic E-state index is 0.0187. The third kappa shape index (κ3) is 5.29. The van der Waals surface area contributed by atoms with E-state index in [4.69, 9.17) is 9.84 Å². The molecule has 3 amide bonds. The molecular formula is C26H29N3O6. The van der Waals surface area contributed by atoms with Gasteiger partial charge < -0.3 is 25.0 Å². The summed E-state index contributed by atoms with van der Waals surface area (Å²) < 4.78 is 5.49. The maximum atomic E-state index is 12.4. The molecule has 2 N–H and O–H groups in total. The largest absolute Gasteiger partial charge is 0.480 e. The molecule has 35 heavy (non-hydrogen) atoms. The molecule has 4 rings (SSSR count). The van der Waals surface area contributed by atoms with Gasteiger partial charge in [0.15, 0.2) is 0 Å². The van der Waals surface area contributed by atoms with Gasteiger partial charge in [0.05, 0.1) is 6.54 Å². The molecule has 2 aromatic carbocycles. The molecule has 1 aliphatic heterocycles. The molecule has 0 saturated carbocycles. The maximum absolute atomic E-state index is 12.4. The first kappa shape index (κ1) is 24.3. The Morgan fingerprint density at radius 1 is 1.06 bits per heavy atom. The van der Waals surface area contributed by atoms with Crippen LogP contribution in [0.3, 0.4) is 0 Å². The van der Waals surface area contributed by atoms with Crippen molar-refractivity contribution in [1.82, 2.24) is 15.1 Å². The lowest BCUT2D eigenvalue weighted by Gasteiger charge is -2.36. The number of carbonyl (C=O) groups is 4. The van der Waals surface area contributed by atoms with E-state index in [-0.39, 0.29) is 50.4 Å². The summed E-state index contributed by atoms with van der Waals surface area (Å²) in [5, 5.41) is 11.8. The second-order valence-corrected chi connectivity index (χ2v) is 8.77. The van der Waals surface area contributed by atoms with Gasteiger partial charge in [0.1, 0.15) is 12.6 Å². The molecule has 9 nitrogen and oxygen atoms in total. The van der Waals surface area contributed by atoms with Crippen LogP contribution in [0.25, 0.3) is 11.1 Å². The van der Waals surface area contributed by atoms with Crippen LogP contribution in [0.15, 0.2) is 48.5 Å². The predicted molar refractivity (Wildman–Crippen MR) is 128 cm³/mol. The summed E-state index contributed by atoms with van der Waals surface area (Å²) in [5.41, 5.74) is 4.60. The van der Waals surface area contributed by atoms with Crippen molar-refractivity contribution >= 4 is 23.9 Å². The highest BCUT2D eigenvalue weighted by molar-refractivity contribution is 5.89. The predicted octanol–water partition coefficient (Wildman–Crippen LogP) is 2.45. The monoisotopic (exact) mass is 479 g/mol. The molecule has 1 atom stereocenters. The fourth-order valence-corrected chi connectivity index (χ4v) is 4.68. The number of piperazine rings is 1. The van der Waals surface area contributed by atoms with Crippen LogP contribution in [0.1, 0.15) is 36.8 Å². The van der Waals surface area contributed by atoms with E-state index in [1.165, 1.54) is 16.7 Å².